The fourth-order valence-electron chi connectivity index (χ4n) is 1.21. The third kappa shape index (κ3) is 1.25. The summed E-state index contributed by atoms with van der Waals surface area (Å²) in [6.45, 7) is 0.862. The number of rotatable bonds is 1. The lowest BCUT2D eigenvalue weighted by Crippen LogP contribution is -2.43. The van der Waals surface area contributed by atoms with E-state index in [1.807, 2.05) is 24.3 Å². The van der Waals surface area contributed by atoms with Crippen LogP contribution in [0.25, 0.3) is 0 Å². The maximum Gasteiger partial charge on any atom is 0.228 e. The van der Waals surface area contributed by atoms with E-state index in [4.69, 9.17) is 0 Å². The number of hydrogen-bond acceptors (Lipinski definition) is 1. The summed E-state index contributed by atoms with van der Waals surface area (Å²) in [6.07, 6.45) is 0.691. The van der Waals surface area contributed by atoms with Gasteiger partial charge in [-0.15, -0.1) is 0 Å². The van der Waals surface area contributed by atoms with Gasteiger partial charge in [-0.05, 0) is 24.3 Å². The molecule has 3 heteroatoms. The monoisotopic (exact) mass is 225 g/mol. The Morgan fingerprint density at radius 1 is 1.25 bits per heavy atom. The van der Waals surface area contributed by atoms with Crippen LogP contribution in [0.3, 0.4) is 0 Å². The van der Waals surface area contributed by atoms with Gasteiger partial charge >= 0.3 is 0 Å². The molecule has 1 amide bonds. The van der Waals surface area contributed by atoms with Crippen LogP contribution in [0.15, 0.2) is 28.7 Å². The molecule has 1 fully saturated rings. The van der Waals surface area contributed by atoms with Gasteiger partial charge in [0.1, 0.15) is 0 Å². The highest BCUT2D eigenvalue weighted by molar-refractivity contribution is 9.10. The van der Waals surface area contributed by atoms with E-state index in [2.05, 4.69) is 15.9 Å². The van der Waals surface area contributed by atoms with Gasteiger partial charge in [-0.2, -0.15) is 0 Å². The Kier molecular flexibility index (Phi) is 1.89. The summed E-state index contributed by atoms with van der Waals surface area (Å²) in [4.78, 5) is 12.8. The molecule has 1 aromatic rings. The van der Waals surface area contributed by atoms with Crippen molar-refractivity contribution in [2.75, 3.05) is 11.4 Å². The van der Waals surface area contributed by atoms with Gasteiger partial charge in [0.15, 0.2) is 0 Å². The van der Waals surface area contributed by atoms with Crippen LogP contribution in [-0.2, 0) is 4.79 Å². The van der Waals surface area contributed by atoms with Gasteiger partial charge in [-0.1, -0.05) is 15.9 Å². The summed E-state index contributed by atoms with van der Waals surface area (Å²) in [7, 11) is 0. The normalized spacial score (nSPS) is 16.1. The van der Waals surface area contributed by atoms with Crippen LogP contribution >= 0.6 is 15.9 Å². The second kappa shape index (κ2) is 2.90. The third-order valence-electron chi connectivity index (χ3n) is 1.99. The molecule has 0 spiro atoms. The topological polar surface area (TPSA) is 20.3 Å². The minimum atomic E-state index is 0.220. The second-order valence-electron chi connectivity index (χ2n) is 2.77. The predicted octanol–water partition coefficient (Wildman–Crippen LogP) is 2.19. The molecule has 0 saturated carbocycles. The molecular weight excluding hydrogens is 218 g/mol. The predicted molar refractivity (Wildman–Crippen MR) is 51.1 cm³/mol. The van der Waals surface area contributed by atoms with Crippen molar-refractivity contribution >= 4 is 27.5 Å². The molecular formula is C9H8BrNO. The Bertz CT molecular complexity index is 307. The molecule has 1 heterocycles. The molecule has 1 saturated heterocycles. The molecule has 62 valence electrons. The van der Waals surface area contributed by atoms with Gasteiger partial charge in [0.2, 0.25) is 5.91 Å². The highest BCUT2D eigenvalue weighted by Crippen LogP contribution is 2.23. The van der Waals surface area contributed by atoms with Gasteiger partial charge < -0.3 is 4.90 Å². The molecule has 0 radical (unpaired) electrons. The van der Waals surface area contributed by atoms with E-state index in [-0.39, 0.29) is 5.91 Å². The van der Waals surface area contributed by atoms with E-state index < -0.39 is 0 Å². The van der Waals surface area contributed by atoms with Crippen molar-refractivity contribution in [1.29, 1.82) is 0 Å². The van der Waals surface area contributed by atoms with E-state index in [1.54, 1.807) is 4.90 Å². The molecule has 2 nitrogen and oxygen atoms in total. The first-order valence-electron chi connectivity index (χ1n) is 3.83. The molecule has 0 aromatic heterocycles. The minimum Gasteiger partial charge on any atom is -0.312 e. The number of β-lactam (4-membered cyclic amide) rings is 1. The van der Waals surface area contributed by atoms with Gasteiger partial charge in [-0.3, -0.25) is 4.79 Å². The van der Waals surface area contributed by atoms with Crippen LogP contribution in [-0.4, -0.2) is 12.5 Å². The van der Waals surface area contributed by atoms with E-state index >= 15 is 0 Å². The van der Waals surface area contributed by atoms with Gasteiger partial charge in [0.05, 0.1) is 0 Å². The fraction of sp³-hybridized carbons (Fsp3) is 0.222. The zero-order valence-electron chi connectivity index (χ0n) is 6.46. The maximum absolute atomic E-state index is 11.0. The van der Waals surface area contributed by atoms with Crippen molar-refractivity contribution in [2.24, 2.45) is 0 Å². The largest absolute Gasteiger partial charge is 0.312 e. The van der Waals surface area contributed by atoms with Gasteiger partial charge in [0, 0.05) is 23.1 Å². The van der Waals surface area contributed by atoms with Crippen molar-refractivity contribution in [2.45, 2.75) is 6.42 Å². The SMILES string of the molecule is O=C1CCN1c1ccc(Br)cc1. The number of carbonyl (C=O) groups is 1. The fourth-order valence-corrected chi connectivity index (χ4v) is 1.47. The summed E-state index contributed by atoms with van der Waals surface area (Å²) >= 11 is 3.35. The standard InChI is InChI=1S/C9H8BrNO/c10-7-1-3-8(4-2-7)11-6-5-9(11)12/h1-4H,5-6H2. The molecule has 1 aromatic carbocycles. The molecule has 1 aliphatic heterocycles. The van der Waals surface area contributed by atoms with Crippen molar-refractivity contribution in [3.8, 4) is 0 Å². The Balaban J connectivity index is 2.23. The first kappa shape index (κ1) is 7.80. The summed E-state index contributed by atoms with van der Waals surface area (Å²) in [6, 6.07) is 7.78. The number of anilines is 1. The molecule has 12 heavy (non-hydrogen) atoms. The number of halogens is 1. The molecule has 0 atom stereocenters. The molecule has 0 unspecified atom stereocenters. The lowest BCUT2D eigenvalue weighted by atomic mass is 10.1. The van der Waals surface area contributed by atoms with Crippen LogP contribution < -0.4 is 4.90 Å². The number of nitrogens with zero attached hydrogens (tertiary/aromatic N) is 1. The van der Waals surface area contributed by atoms with Crippen LogP contribution in [0.2, 0.25) is 0 Å². The lowest BCUT2D eigenvalue weighted by molar-refractivity contribution is -0.122. The quantitative estimate of drug-likeness (QED) is 0.672. The van der Waals surface area contributed by atoms with E-state index in [0.29, 0.717) is 6.42 Å². The van der Waals surface area contributed by atoms with Crippen molar-refractivity contribution in [1.82, 2.24) is 0 Å². The number of amides is 1. The summed E-state index contributed by atoms with van der Waals surface area (Å²) in [5, 5.41) is 0. The maximum atomic E-state index is 11.0. The van der Waals surface area contributed by atoms with Crippen molar-refractivity contribution < 1.29 is 4.79 Å². The van der Waals surface area contributed by atoms with Crippen LogP contribution in [0, 0.1) is 0 Å². The van der Waals surface area contributed by atoms with Crippen molar-refractivity contribution in [3.63, 3.8) is 0 Å². The summed E-state index contributed by atoms with van der Waals surface area (Å²) in [5.41, 5.74) is 0.995. The van der Waals surface area contributed by atoms with Gasteiger partial charge in [-0.25, -0.2) is 0 Å². The van der Waals surface area contributed by atoms with Crippen LogP contribution in [0.1, 0.15) is 6.42 Å². The molecule has 1 aliphatic rings. The smallest absolute Gasteiger partial charge is 0.228 e. The zero-order chi connectivity index (χ0) is 8.55. The highest BCUT2D eigenvalue weighted by atomic mass is 79.9. The highest BCUT2D eigenvalue weighted by Gasteiger charge is 2.24. The van der Waals surface area contributed by atoms with Gasteiger partial charge in [0.25, 0.3) is 0 Å². The first-order valence-corrected chi connectivity index (χ1v) is 4.62. The Labute approximate surface area is 79.3 Å². The zero-order valence-corrected chi connectivity index (χ0v) is 8.04. The van der Waals surface area contributed by atoms with E-state index in [0.717, 1.165) is 16.7 Å². The molecule has 0 bridgehead atoms. The second-order valence-corrected chi connectivity index (χ2v) is 3.69. The summed E-state index contributed by atoms with van der Waals surface area (Å²) in [5.74, 6) is 0.220. The lowest BCUT2D eigenvalue weighted by Gasteiger charge is -2.30. The Morgan fingerprint density at radius 2 is 1.92 bits per heavy atom. The van der Waals surface area contributed by atoms with E-state index in [1.165, 1.54) is 0 Å². The number of hydrogen-bond donors (Lipinski definition) is 0. The van der Waals surface area contributed by atoms with Crippen LogP contribution in [0.5, 0.6) is 0 Å². The van der Waals surface area contributed by atoms with E-state index in [9.17, 15) is 4.79 Å². The molecule has 0 N–H and O–H groups in total. The van der Waals surface area contributed by atoms with Crippen LogP contribution in [0.4, 0.5) is 5.69 Å². The average molecular weight is 226 g/mol. The molecule has 0 aliphatic carbocycles. The number of benzene rings is 1. The Hall–Kier alpha value is -0.830. The first-order chi connectivity index (χ1) is 5.77. The average Bonchev–Trinajstić information content (AvgIpc) is 2.06. The third-order valence-corrected chi connectivity index (χ3v) is 2.52. The molecule has 2 rings (SSSR count). The number of carbonyl (C=O) groups excluding carboxylic acids is 1. The minimum absolute atomic E-state index is 0.220. The van der Waals surface area contributed by atoms with Crippen molar-refractivity contribution in [3.05, 3.63) is 28.7 Å². The Morgan fingerprint density at radius 3 is 2.33 bits per heavy atom. The summed E-state index contributed by atoms with van der Waals surface area (Å²) < 4.78 is 1.04.